The average Bonchev–Trinajstić information content (AvgIpc) is 2.69. The van der Waals surface area contributed by atoms with Crippen molar-refractivity contribution >= 4 is 18.5 Å². The molecular formula is C22H27F3N4O2. The maximum Gasteiger partial charge on any atom is 0.313 e. The minimum absolute atomic E-state index is 0.163. The van der Waals surface area contributed by atoms with E-state index in [0.29, 0.717) is 16.8 Å². The van der Waals surface area contributed by atoms with Crippen LogP contribution in [0.2, 0.25) is 0 Å². The van der Waals surface area contributed by atoms with Gasteiger partial charge in [0.05, 0.1) is 5.54 Å². The summed E-state index contributed by atoms with van der Waals surface area (Å²) in [4.78, 5) is 30.4. The molecule has 2 atom stereocenters. The number of allylic oxidation sites excluding steroid dienone is 3. The third-order valence-electron chi connectivity index (χ3n) is 5.58. The molecule has 3 N–H and O–H groups in total. The van der Waals surface area contributed by atoms with Crippen LogP contribution >= 0.6 is 0 Å². The number of carbonyl (C=O) groups excluding carboxylic acids is 2. The summed E-state index contributed by atoms with van der Waals surface area (Å²) in [6.45, 7) is 8.97. The van der Waals surface area contributed by atoms with Crippen LogP contribution in [-0.2, 0) is 15.1 Å². The summed E-state index contributed by atoms with van der Waals surface area (Å²) in [5, 5.41) is 2.45. The summed E-state index contributed by atoms with van der Waals surface area (Å²) in [5.41, 5.74) is 5.31. The minimum atomic E-state index is -3.07. The van der Waals surface area contributed by atoms with Crippen molar-refractivity contribution in [2.24, 2.45) is 16.6 Å². The van der Waals surface area contributed by atoms with Crippen LogP contribution in [0.15, 0.2) is 52.4 Å². The van der Waals surface area contributed by atoms with Gasteiger partial charge in [-0.2, -0.15) is 0 Å². The molecule has 0 aromatic heterocycles. The van der Waals surface area contributed by atoms with E-state index in [-0.39, 0.29) is 12.4 Å². The third-order valence-corrected chi connectivity index (χ3v) is 5.58. The Kier molecular flexibility index (Phi) is 6.98. The molecule has 0 bridgehead atoms. The topological polar surface area (TPSA) is 87.8 Å². The highest BCUT2D eigenvalue weighted by Gasteiger charge is 2.54. The van der Waals surface area contributed by atoms with Gasteiger partial charge < -0.3 is 16.0 Å². The number of piperidine rings is 1. The Hall–Kier alpha value is -3.10. The second-order valence-electron chi connectivity index (χ2n) is 8.04. The largest absolute Gasteiger partial charge is 0.384 e. The van der Waals surface area contributed by atoms with Gasteiger partial charge in [-0.3, -0.25) is 9.59 Å². The molecule has 1 fully saturated rings. The number of hydrogen-bond donors (Lipinski definition) is 2. The molecular weight excluding hydrogens is 409 g/mol. The quantitative estimate of drug-likeness (QED) is 0.431. The van der Waals surface area contributed by atoms with Crippen LogP contribution in [-0.4, -0.2) is 35.9 Å². The SMILES string of the molecule is C=N/C(N)=C(C)\C=C(/C)NC(=O)C(=O)N1C[C@@H](C)C(F)(F)C[C@@]1(C)c1ccc(F)cc1. The number of rotatable bonds is 4. The zero-order valence-electron chi connectivity index (χ0n) is 18.0. The van der Waals surface area contributed by atoms with Crippen molar-refractivity contribution in [2.45, 2.75) is 45.6 Å². The number of nitrogens with zero attached hydrogens (tertiary/aromatic N) is 2. The predicted molar refractivity (Wildman–Crippen MR) is 113 cm³/mol. The van der Waals surface area contributed by atoms with Gasteiger partial charge in [0.2, 0.25) is 0 Å². The van der Waals surface area contributed by atoms with Crippen LogP contribution in [0.25, 0.3) is 0 Å². The molecule has 1 aliphatic rings. The average molecular weight is 436 g/mol. The van der Waals surface area contributed by atoms with E-state index < -0.39 is 41.4 Å². The van der Waals surface area contributed by atoms with Gasteiger partial charge in [0.25, 0.3) is 5.92 Å². The summed E-state index contributed by atoms with van der Waals surface area (Å²) >= 11 is 0. The zero-order valence-corrected chi connectivity index (χ0v) is 18.0. The van der Waals surface area contributed by atoms with Crippen LogP contribution in [0.1, 0.15) is 39.7 Å². The highest BCUT2D eigenvalue weighted by molar-refractivity contribution is 6.35. The lowest BCUT2D eigenvalue weighted by molar-refractivity contribution is -0.173. The number of amides is 2. The van der Waals surface area contributed by atoms with Gasteiger partial charge in [0.15, 0.2) is 0 Å². The van der Waals surface area contributed by atoms with Crippen molar-refractivity contribution in [3.8, 4) is 0 Å². The number of nitrogens with one attached hydrogen (secondary N) is 1. The molecule has 1 heterocycles. The predicted octanol–water partition coefficient (Wildman–Crippen LogP) is 3.46. The lowest BCUT2D eigenvalue weighted by atomic mass is 9.76. The van der Waals surface area contributed by atoms with Crippen LogP contribution in [0.4, 0.5) is 13.2 Å². The maximum absolute atomic E-state index is 14.6. The van der Waals surface area contributed by atoms with Gasteiger partial charge in [-0.05, 0) is 56.8 Å². The number of alkyl halides is 2. The zero-order chi connectivity index (χ0) is 23.6. The maximum atomic E-state index is 14.6. The smallest absolute Gasteiger partial charge is 0.313 e. The van der Waals surface area contributed by atoms with Crippen LogP contribution < -0.4 is 11.1 Å². The fourth-order valence-corrected chi connectivity index (χ4v) is 3.63. The van der Waals surface area contributed by atoms with Crippen molar-refractivity contribution in [3.63, 3.8) is 0 Å². The van der Waals surface area contributed by atoms with Crippen LogP contribution in [0.5, 0.6) is 0 Å². The Morgan fingerprint density at radius 3 is 2.42 bits per heavy atom. The van der Waals surface area contributed by atoms with Gasteiger partial charge in [-0.25, -0.2) is 18.2 Å². The van der Waals surface area contributed by atoms with E-state index in [4.69, 9.17) is 5.73 Å². The molecule has 0 aliphatic carbocycles. The molecule has 0 saturated carbocycles. The van der Waals surface area contributed by atoms with E-state index in [0.717, 1.165) is 17.0 Å². The Balaban J connectivity index is 2.36. The molecule has 1 aliphatic heterocycles. The van der Waals surface area contributed by atoms with Crippen LogP contribution in [0, 0.1) is 11.7 Å². The molecule has 2 rings (SSSR count). The summed E-state index contributed by atoms with van der Waals surface area (Å²) in [7, 11) is 0. The van der Waals surface area contributed by atoms with Crippen molar-refractivity contribution < 1.29 is 22.8 Å². The van der Waals surface area contributed by atoms with E-state index in [1.165, 1.54) is 32.1 Å². The highest BCUT2D eigenvalue weighted by Crippen LogP contribution is 2.46. The van der Waals surface area contributed by atoms with E-state index >= 15 is 0 Å². The van der Waals surface area contributed by atoms with E-state index in [1.807, 2.05) is 0 Å². The first-order valence-electron chi connectivity index (χ1n) is 9.70. The van der Waals surface area contributed by atoms with Gasteiger partial charge in [-0.15, -0.1) is 0 Å². The van der Waals surface area contributed by atoms with Gasteiger partial charge in [0.1, 0.15) is 11.6 Å². The van der Waals surface area contributed by atoms with Crippen molar-refractivity contribution in [1.29, 1.82) is 0 Å². The van der Waals surface area contributed by atoms with Gasteiger partial charge in [-0.1, -0.05) is 19.1 Å². The number of halogens is 3. The van der Waals surface area contributed by atoms with Crippen LogP contribution in [0.3, 0.4) is 0 Å². The molecule has 168 valence electrons. The summed E-state index contributed by atoms with van der Waals surface area (Å²) < 4.78 is 42.6. The number of nitrogens with two attached hydrogens (primary N) is 1. The Morgan fingerprint density at radius 1 is 1.29 bits per heavy atom. The Morgan fingerprint density at radius 2 is 1.87 bits per heavy atom. The molecule has 1 aromatic rings. The standard InChI is InChI=1S/C22H27F3N4O2/c1-13(18(26)27-5)10-15(3)28-19(30)20(31)29-11-14(2)22(24,25)12-21(29,4)16-6-8-17(23)9-7-16/h6-10,14H,5,11-12,26H2,1-4H3,(H,28,30)/b15-10+,18-13-/t14-,21+/m1/s1. The fourth-order valence-electron chi connectivity index (χ4n) is 3.63. The number of hydrogen-bond acceptors (Lipinski definition) is 4. The van der Waals surface area contributed by atoms with Gasteiger partial charge in [0, 0.05) is 24.6 Å². The summed E-state index contributed by atoms with van der Waals surface area (Å²) in [5.74, 6) is -6.52. The van der Waals surface area contributed by atoms with Gasteiger partial charge >= 0.3 is 11.8 Å². The number of benzene rings is 1. The molecule has 1 saturated heterocycles. The first-order valence-corrected chi connectivity index (χ1v) is 9.70. The molecule has 2 amide bonds. The first kappa shape index (κ1) is 24.2. The molecule has 0 spiro atoms. The lowest BCUT2D eigenvalue weighted by Crippen LogP contribution is -2.61. The number of aliphatic imine (C=N–C) groups is 1. The molecule has 0 radical (unpaired) electrons. The van der Waals surface area contributed by atoms with E-state index in [2.05, 4.69) is 17.0 Å². The normalized spacial score (nSPS) is 24.3. The Bertz CT molecular complexity index is 941. The van der Waals surface area contributed by atoms with Crippen molar-refractivity contribution in [3.05, 3.63) is 58.8 Å². The monoisotopic (exact) mass is 436 g/mol. The van der Waals surface area contributed by atoms with E-state index in [1.54, 1.807) is 13.8 Å². The first-order chi connectivity index (χ1) is 14.3. The molecule has 9 heteroatoms. The number of carbonyl (C=O) groups is 2. The second kappa shape index (κ2) is 8.95. The molecule has 31 heavy (non-hydrogen) atoms. The van der Waals surface area contributed by atoms with Crippen molar-refractivity contribution in [1.82, 2.24) is 10.2 Å². The van der Waals surface area contributed by atoms with Crippen molar-refractivity contribution in [2.75, 3.05) is 6.54 Å². The molecule has 0 unspecified atom stereocenters. The number of likely N-dealkylation sites (tertiary alicyclic amines) is 1. The minimum Gasteiger partial charge on any atom is -0.384 e. The third kappa shape index (κ3) is 5.15. The Labute approximate surface area is 179 Å². The lowest BCUT2D eigenvalue weighted by Gasteiger charge is -2.50. The molecule has 1 aromatic carbocycles. The summed E-state index contributed by atoms with van der Waals surface area (Å²) in [6, 6.07) is 4.98. The molecule has 6 nitrogen and oxygen atoms in total. The second-order valence-corrected chi connectivity index (χ2v) is 8.04. The van der Waals surface area contributed by atoms with E-state index in [9.17, 15) is 22.8 Å². The summed E-state index contributed by atoms with van der Waals surface area (Å²) in [6.07, 6.45) is 0.825. The fraction of sp³-hybridized carbons (Fsp3) is 0.409. The highest BCUT2D eigenvalue weighted by atomic mass is 19.3.